The molecule has 0 saturated carbocycles. The van der Waals surface area contributed by atoms with Gasteiger partial charge in [0, 0.05) is 37.6 Å². The molecule has 0 aliphatic carbocycles. The molecule has 0 bridgehead atoms. The second-order valence-corrected chi connectivity index (χ2v) is 6.61. The summed E-state index contributed by atoms with van der Waals surface area (Å²) in [6.07, 6.45) is 1.90. The minimum absolute atomic E-state index is 0.0507. The zero-order chi connectivity index (χ0) is 13.4. The molecule has 3 N–H and O–H groups in total. The fourth-order valence-corrected chi connectivity index (χ4v) is 2.91. The lowest BCUT2D eigenvalue weighted by atomic mass is 9.76. The lowest BCUT2D eigenvalue weighted by Crippen LogP contribution is -2.54. The second kappa shape index (κ2) is 4.70. The first-order valence-electron chi connectivity index (χ1n) is 6.77. The molecular formula is C13H25N3O2. The molecule has 104 valence electrons. The zero-order valence-electron chi connectivity index (χ0n) is 11.7. The van der Waals surface area contributed by atoms with E-state index in [1.54, 1.807) is 0 Å². The largest absolute Gasteiger partial charge is 0.444 e. The van der Waals surface area contributed by atoms with E-state index in [0.717, 1.165) is 39.0 Å². The normalized spacial score (nSPS) is 32.9. The van der Waals surface area contributed by atoms with Crippen molar-refractivity contribution >= 4 is 6.09 Å². The van der Waals surface area contributed by atoms with Gasteiger partial charge in [0.15, 0.2) is 0 Å². The first-order valence-corrected chi connectivity index (χ1v) is 6.77. The van der Waals surface area contributed by atoms with Crippen LogP contribution in [0.5, 0.6) is 0 Å². The van der Waals surface area contributed by atoms with Crippen LogP contribution in [0.15, 0.2) is 0 Å². The van der Waals surface area contributed by atoms with Crippen LogP contribution in [0.2, 0.25) is 0 Å². The van der Waals surface area contributed by atoms with Crippen LogP contribution in [0.1, 0.15) is 33.6 Å². The number of piperidine rings is 1. The van der Waals surface area contributed by atoms with Gasteiger partial charge in [-0.25, -0.2) is 4.79 Å². The number of likely N-dealkylation sites (tertiary alicyclic amines) is 1. The van der Waals surface area contributed by atoms with Crippen molar-refractivity contribution in [2.24, 2.45) is 11.1 Å². The fourth-order valence-electron chi connectivity index (χ4n) is 2.91. The third-order valence-electron chi connectivity index (χ3n) is 3.89. The molecule has 0 aromatic heterocycles. The van der Waals surface area contributed by atoms with Crippen LogP contribution in [0.25, 0.3) is 0 Å². The monoisotopic (exact) mass is 255 g/mol. The Morgan fingerprint density at radius 3 is 2.78 bits per heavy atom. The van der Waals surface area contributed by atoms with E-state index >= 15 is 0 Å². The number of hydrogen-bond acceptors (Lipinski definition) is 4. The van der Waals surface area contributed by atoms with Gasteiger partial charge in [-0.3, -0.25) is 0 Å². The van der Waals surface area contributed by atoms with Crippen LogP contribution >= 0.6 is 0 Å². The van der Waals surface area contributed by atoms with Gasteiger partial charge in [0.1, 0.15) is 5.60 Å². The first kappa shape index (κ1) is 13.6. The molecule has 18 heavy (non-hydrogen) atoms. The lowest BCUT2D eigenvalue weighted by molar-refractivity contribution is 0.00494. The highest BCUT2D eigenvalue weighted by molar-refractivity contribution is 5.68. The van der Waals surface area contributed by atoms with Crippen LogP contribution in [0.4, 0.5) is 4.79 Å². The van der Waals surface area contributed by atoms with E-state index in [9.17, 15) is 4.79 Å². The molecule has 5 nitrogen and oxygen atoms in total. The van der Waals surface area contributed by atoms with Crippen molar-refractivity contribution in [1.82, 2.24) is 10.2 Å². The SMILES string of the molecule is CC(C)(C)OC(=O)N1CCCC2(CNC[C@@H]2N)C1. The second-order valence-electron chi connectivity index (χ2n) is 6.61. The van der Waals surface area contributed by atoms with Gasteiger partial charge >= 0.3 is 6.09 Å². The molecule has 0 aromatic carbocycles. The molecule has 1 spiro atoms. The van der Waals surface area contributed by atoms with Crippen LogP contribution in [-0.4, -0.2) is 48.8 Å². The first-order chi connectivity index (χ1) is 8.32. The summed E-state index contributed by atoms with van der Waals surface area (Å²) in [5.41, 5.74) is 5.81. The summed E-state index contributed by atoms with van der Waals surface area (Å²) in [4.78, 5) is 13.9. The number of amides is 1. The van der Waals surface area contributed by atoms with Gasteiger partial charge in [-0.15, -0.1) is 0 Å². The number of nitrogens with two attached hydrogens (primary N) is 1. The Morgan fingerprint density at radius 2 is 2.22 bits per heavy atom. The number of carbonyl (C=O) groups is 1. The predicted molar refractivity (Wildman–Crippen MR) is 70.3 cm³/mol. The Labute approximate surface area is 109 Å². The Kier molecular flexibility index (Phi) is 3.56. The van der Waals surface area contributed by atoms with Crippen LogP contribution in [0.3, 0.4) is 0 Å². The predicted octanol–water partition coefficient (Wildman–Crippen LogP) is 0.934. The van der Waals surface area contributed by atoms with Gasteiger partial charge < -0.3 is 20.7 Å². The number of ether oxygens (including phenoxy) is 1. The molecule has 2 rings (SSSR count). The molecule has 2 heterocycles. The third kappa shape index (κ3) is 2.78. The summed E-state index contributed by atoms with van der Waals surface area (Å²) in [5.74, 6) is 0. The zero-order valence-corrected chi connectivity index (χ0v) is 11.7. The number of nitrogens with zero attached hydrogens (tertiary/aromatic N) is 1. The van der Waals surface area contributed by atoms with Crippen LogP contribution in [-0.2, 0) is 4.74 Å². The number of nitrogens with one attached hydrogen (secondary N) is 1. The van der Waals surface area contributed by atoms with E-state index in [0.29, 0.717) is 0 Å². The number of hydrogen-bond donors (Lipinski definition) is 2. The minimum atomic E-state index is -0.433. The minimum Gasteiger partial charge on any atom is -0.444 e. The summed E-state index contributed by atoms with van der Waals surface area (Å²) in [6, 6.07) is 0.141. The van der Waals surface area contributed by atoms with Gasteiger partial charge in [-0.2, -0.15) is 0 Å². The maximum absolute atomic E-state index is 12.1. The van der Waals surface area contributed by atoms with E-state index < -0.39 is 5.60 Å². The van der Waals surface area contributed by atoms with Crippen molar-refractivity contribution in [1.29, 1.82) is 0 Å². The highest BCUT2D eigenvalue weighted by Gasteiger charge is 2.45. The van der Waals surface area contributed by atoms with Crippen LogP contribution < -0.4 is 11.1 Å². The summed E-state index contributed by atoms with van der Waals surface area (Å²) in [6.45, 7) is 8.95. The number of rotatable bonds is 0. The average Bonchev–Trinajstić information content (AvgIpc) is 2.58. The summed E-state index contributed by atoms with van der Waals surface area (Å²) >= 11 is 0. The summed E-state index contributed by atoms with van der Waals surface area (Å²) in [5, 5.41) is 3.34. The molecule has 0 radical (unpaired) electrons. The summed E-state index contributed by atoms with van der Waals surface area (Å²) in [7, 11) is 0. The van der Waals surface area contributed by atoms with E-state index in [1.165, 1.54) is 0 Å². The molecule has 2 saturated heterocycles. The van der Waals surface area contributed by atoms with Crippen LogP contribution in [0, 0.1) is 5.41 Å². The highest BCUT2D eigenvalue weighted by atomic mass is 16.6. The Morgan fingerprint density at radius 1 is 1.50 bits per heavy atom. The molecule has 0 aromatic rings. The van der Waals surface area contributed by atoms with Gasteiger partial charge in [0.2, 0.25) is 0 Å². The highest BCUT2D eigenvalue weighted by Crippen LogP contribution is 2.35. The van der Waals surface area contributed by atoms with Crippen molar-refractivity contribution in [2.45, 2.75) is 45.3 Å². The molecule has 1 unspecified atom stereocenters. The molecule has 2 aliphatic rings. The maximum atomic E-state index is 12.1. The maximum Gasteiger partial charge on any atom is 0.410 e. The van der Waals surface area contributed by atoms with Crippen molar-refractivity contribution < 1.29 is 9.53 Å². The number of carbonyl (C=O) groups excluding carboxylic acids is 1. The third-order valence-corrected chi connectivity index (χ3v) is 3.89. The standard InChI is InChI=1S/C13H25N3O2/c1-12(2,3)18-11(17)16-6-4-5-13(9-16)8-15-7-10(13)14/h10,15H,4-9,14H2,1-3H3/t10-,13?/m0/s1. The van der Waals surface area contributed by atoms with Gasteiger partial charge in [-0.05, 0) is 33.6 Å². The molecule has 2 fully saturated rings. The van der Waals surface area contributed by atoms with E-state index in [-0.39, 0.29) is 17.6 Å². The molecule has 2 atom stereocenters. The van der Waals surface area contributed by atoms with E-state index in [4.69, 9.17) is 10.5 Å². The Hall–Kier alpha value is -0.810. The van der Waals surface area contributed by atoms with Crippen molar-refractivity contribution in [3.05, 3.63) is 0 Å². The van der Waals surface area contributed by atoms with Crippen molar-refractivity contribution in [2.75, 3.05) is 26.2 Å². The Bertz CT molecular complexity index is 327. The molecule has 1 amide bonds. The summed E-state index contributed by atoms with van der Waals surface area (Å²) < 4.78 is 5.44. The molecular weight excluding hydrogens is 230 g/mol. The van der Waals surface area contributed by atoms with E-state index in [2.05, 4.69) is 5.32 Å². The van der Waals surface area contributed by atoms with Crippen molar-refractivity contribution in [3.63, 3.8) is 0 Å². The average molecular weight is 255 g/mol. The molecule has 2 aliphatic heterocycles. The fraction of sp³-hybridized carbons (Fsp3) is 0.923. The van der Waals surface area contributed by atoms with Gasteiger partial charge in [0.05, 0.1) is 0 Å². The topological polar surface area (TPSA) is 67.6 Å². The van der Waals surface area contributed by atoms with Gasteiger partial charge in [0.25, 0.3) is 0 Å². The lowest BCUT2D eigenvalue weighted by Gasteiger charge is -2.42. The van der Waals surface area contributed by atoms with Crippen molar-refractivity contribution in [3.8, 4) is 0 Å². The van der Waals surface area contributed by atoms with E-state index in [1.807, 2.05) is 25.7 Å². The quantitative estimate of drug-likeness (QED) is 0.676. The Balaban J connectivity index is 2.01. The molecule has 5 heteroatoms. The van der Waals surface area contributed by atoms with Gasteiger partial charge in [-0.1, -0.05) is 0 Å². The smallest absolute Gasteiger partial charge is 0.410 e.